The molecule has 0 bridgehead atoms. The minimum Gasteiger partial charge on any atom is -0.448 e. The molecule has 45 heavy (non-hydrogen) atoms. The van der Waals surface area contributed by atoms with Gasteiger partial charge in [0.05, 0.1) is 75.7 Å². The third-order valence-corrected chi connectivity index (χ3v) is 7.96. The molecule has 234 valence electrons. The maximum Gasteiger partial charge on any atom is 0.411 e. The Labute approximate surface area is 262 Å². The van der Waals surface area contributed by atoms with Crippen molar-refractivity contribution in [2.75, 3.05) is 70.3 Å². The number of nitrogens with one attached hydrogen (secondary N) is 1. The van der Waals surface area contributed by atoms with Gasteiger partial charge in [0.15, 0.2) is 0 Å². The summed E-state index contributed by atoms with van der Waals surface area (Å²) in [6.07, 6.45) is 6.01. The van der Waals surface area contributed by atoms with Crippen LogP contribution >= 0.6 is 0 Å². The van der Waals surface area contributed by atoms with Crippen molar-refractivity contribution in [3.8, 4) is 11.1 Å². The number of nitrogens with two attached hydrogens (primary N) is 1. The standard InChI is InChI=1S/C24H24N4O3.C9H14N4O/c29-24(27-17-13-25-23(26-14-17)15-28-9-11-30-12-10-28)31-16-22-20-7-3-1-5-18(20)19-6-2-4-8-21(19)22;10-8-5-11-9(12-6-8)7-13-1-3-14-4-2-13/h1-8,13-14,22H,9-12,15-16H2,(H,27,29);5-6H,1-4,7,10H2. The molecule has 12 nitrogen and oxygen atoms in total. The third-order valence-electron chi connectivity index (χ3n) is 7.96. The highest BCUT2D eigenvalue weighted by Gasteiger charge is 2.29. The van der Waals surface area contributed by atoms with Gasteiger partial charge in [-0.25, -0.2) is 24.7 Å². The van der Waals surface area contributed by atoms with Crippen molar-refractivity contribution in [2.45, 2.75) is 19.0 Å². The molecule has 3 aliphatic rings. The first kappa shape index (κ1) is 30.5. The second-order valence-corrected chi connectivity index (χ2v) is 11.0. The molecule has 1 aliphatic carbocycles. The number of amides is 1. The molecule has 2 aromatic carbocycles. The maximum atomic E-state index is 12.4. The lowest BCUT2D eigenvalue weighted by atomic mass is 9.98. The number of aromatic nitrogens is 4. The third kappa shape index (κ3) is 8.17. The Morgan fingerprint density at radius 1 is 0.756 bits per heavy atom. The zero-order chi connectivity index (χ0) is 30.8. The summed E-state index contributed by atoms with van der Waals surface area (Å²) < 4.78 is 16.2. The van der Waals surface area contributed by atoms with E-state index in [1.165, 1.54) is 22.3 Å². The van der Waals surface area contributed by atoms with Gasteiger partial charge in [0, 0.05) is 32.1 Å². The molecule has 2 aromatic heterocycles. The van der Waals surface area contributed by atoms with Gasteiger partial charge in [-0.05, 0) is 22.3 Å². The Morgan fingerprint density at radius 3 is 1.73 bits per heavy atom. The quantitative estimate of drug-likeness (QED) is 0.317. The average molecular weight is 611 g/mol. The fourth-order valence-electron chi connectivity index (χ4n) is 5.62. The maximum absolute atomic E-state index is 12.4. The van der Waals surface area contributed by atoms with Crippen LogP contribution < -0.4 is 11.1 Å². The van der Waals surface area contributed by atoms with Crippen LogP contribution in [-0.4, -0.2) is 95.0 Å². The summed E-state index contributed by atoms with van der Waals surface area (Å²) in [6.45, 7) is 8.47. The van der Waals surface area contributed by atoms with Gasteiger partial charge in [-0.2, -0.15) is 0 Å². The van der Waals surface area contributed by atoms with Gasteiger partial charge in [0.1, 0.15) is 18.3 Å². The second kappa shape index (κ2) is 15.0. The molecular formula is C33H38N8O4. The van der Waals surface area contributed by atoms with E-state index in [-0.39, 0.29) is 12.5 Å². The van der Waals surface area contributed by atoms with Crippen molar-refractivity contribution in [3.05, 3.63) is 96.1 Å². The SMILES string of the molecule is Nc1cnc(CN2CCOCC2)nc1.O=C(Nc1cnc(CN2CCOCC2)nc1)OCC1c2ccccc2-c2ccccc21. The molecule has 2 aliphatic heterocycles. The van der Waals surface area contributed by atoms with E-state index >= 15 is 0 Å². The molecule has 0 saturated carbocycles. The Balaban J connectivity index is 0.000000213. The van der Waals surface area contributed by atoms with Gasteiger partial charge in [0.25, 0.3) is 0 Å². The molecule has 0 spiro atoms. The van der Waals surface area contributed by atoms with Crippen LogP contribution in [0.2, 0.25) is 0 Å². The number of hydrogen-bond donors (Lipinski definition) is 2. The highest BCUT2D eigenvalue weighted by atomic mass is 16.5. The van der Waals surface area contributed by atoms with E-state index in [1.807, 2.05) is 24.3 Å². The molecule has 3 N–H and O–H groups in total. The molecule has 0 radical (unpaired) electrons. The zero-order valence-electron chi connectivity index (χ0n) is 25.2. The molecule has 0 atom stereocenters. The lowest BCUT2D eigenvalue weighted by Gasteiger charge is -2.25. The predicted octanol–water partition coefficient (Wildman–Crippen LogP) is 3.56. The number of fused-ring (bicyclic) bond motifs is 3. The van der Waals surface area contributed by atoms with E-state index in [4.69, 9.17) is 19.9 Å². The van der Waals surface area contributed by atoms with Gasteiger partial charge in [-0.15, -0.1) is 0 Å². The largest absolute Gasteiger partial charge is 0.448 e. The van der Waals surface area contributed by atoms with Crippen molar-refractivity contribution < 1.29 is 19.0 Å². The van der Waals surface area contributed by atoms with Crippen molar-refractivity contribution in [3.63, 3.8) is 0 Å². The predicted molar refractivity (Wildman–Crippen MR) is 169 cm³/mol. The minimum absolute atomic E-state index is 0.0327. The van der Waals surface area contributed by atoms with Gasteiger partial charge >= 0.3 is 6.09 Å². The number of nitrogen functional groups attached to an aromatic ring is 1. The number of benzene rings is 2. The van der Waals surface area contributed by atoms with E-state index in [2.05, 4.69) is 59.3 Å². The molecule has 12 heteroatoms. The molecular weight excluding hydrogens is 572 g/mol. The van der Waals surface area contributed by atoms with Crippen LogP contribution in [0.25, 0.3) is 11.1 Å². The summed E-state index contributed by atoms with van der Waals surface area (Å²) in [5.41, 5.74) is 11.4. The highest BCUT2D eigenvalue weighted by molar-refractivity contribution is 5.84. The molecule has 2 saturated heterocycles. The first-order valence-corrected chi connectivity index (χ1v) is 15.2. The normalized spacial score (nSPS) is 16.6. The zero-order valence-corrected chi connectivity index (χ0v) is 25.2. The van der Waals surface area contributed by atoms with Crippen LogP contribution in [0.4, 0.5) is 16.2 Å². The summed E-state index contributed by atoms with van der Waals surface area (Å²) in [5, 5.41) is 2.72. The molecule has 2 fully saturated rings. The van der Waals surface area contributed by atoms with E-state index in [1.54, 1.807) is 24.8 Å². The highest BCUT2D eigenvalue weighted by Crippen LogP contribution is 2.44. The van der Waals surface area contributed by atoms with Crippen LogP contribution in [0.5, 0.6) is 0 Å². The Kier molecular flexibility index (Phi) is 10.2. The second-order valence-electron chi connectivity index (χ2n) is 11.0. The van der Waals surface area contributed by atoms with Gasteiger partial charge < -0.3 is 19.9 Å². The topological polar surface area (TPSA) is 141 Å². The van der Waals surface area contributed by atoms with E-state index < -0.39 is 6.09 Å². The van der Waals surface area contributed by atoms with Crippen LogP contribution in [-0.2, 0) is 27.3 Å². The Hall–Kier alpha value is -4.49. The fourth-order valence-corrected chi connectivity index (χ4v) is 5.62. The Bertz CT molecular complexity index is 1500. The van der Waals surface area contributed by atoms with Crippen LogP contribution in [0.3, 0.4) is 0 Å². The summed E-state index contributed by atoms with van der Waals surface area (Å²) >= 11 is 0. The van der Waals surface area contributed by atoms with Crippen LogP contribution in [0.15, 0.2) is 73.3 Å². The number of morpholine rings is 2. The smallest absolute Gasteiger partial charge is 0.411 e. The summed E-state index contributed by atoms with van der Waals surface area (Å²) in [6, 6.07) is 16.5. The number of hydrogen-bond acceptors (Lipinski definition) is 11. The Morgan fingerprint density at radius 2 is 1.22 bits per heavy atom. The monoisotopic (exact) mass is 610 g/mol. The first-order valence-electron chi connectivity index (χ1n) is 15.2. The molecule has 4 heterocycles. The van der Waals surface area contributed by atoms with Crippen molar-refractivity contribution >= 4 is 17.5 Å². The van der Waals surface area contributed by atoms with E-state index in [9.17, 15) is 4.79 Å². The number of nitrogens with zero attached hydrogens (tertiary/aromatic N) is 6. The molecule has 4 aromatic rings. The lowest BCUT2D eigenvalue weighted by molar-refractivity contribution is 0.0330. The summed E-state index contributed by atoms with van der Waals surface area (Å²) in [4.78, 5) is 33.9. The lowest BCUT2D eigenvalue weighted by Crippen LogP contribution is -2.36. The number of anilines is 2. The number of ether oxygens (including phenoxy) is 3. The van der Waals surface area contributed by atoms with E-state index in [0.29, 0.717) is 17.9 Å². The number of carbonyl (C=O) groups excluding carboxylic acids is 1. The molecule has 7 rings (SSSR count). The van der Waals surface area contributed by atoms with Crippen molar-refractivity contribution in [1.29, 1.82) is 0 Å². The van der Waals surface area contributed by atoms with Gasteiger partial charge in [-0.3, -0.25) is 15.1 Å². The summed E-state index contributed by atoms with van der Waals surface area (Å²) in [7, 11) is 0. The van der Waals surface area contributed by atoms with Crippen LogP contribution in [0.1, 0.15) is 28.7 Å². The van der Waals surface area contributed by atoms with Crippen LogP contribution in [0, 0.1) is 0 Å². The minimum atomic E-state index is -0.508. The number of carbonyl (C=O) groups is 1. The first-order chi connectivity index (χ1) is 22.1. The van der Waals surface area contributed by atoms with Gasteiger partial charge in [0.2, 0.25) is 0 Å². The fraction of sp³-hybridized carbons (Fsp3) is 0.364. The van der Waals surface area contributed by atoms with E-state index in [0.717, 1.165) is 70.8 Å². The molecule has 0 unspecified atom stereocenters. The van der Waals surface area contributed by atoms with Gasteiger partial charge in [-0.1, -0.05) is 48.5 Å². The molecule has 1 amide bonds. The summed E-state index contributed by atoms with van der Waals surface area (Å²) in [5.74, 6) is 1.58. The number of rotatable bonds is 7. The van der Waals surface area contributed by atoms with Crippen molar-refractivity contribution in [2.24, 2.45) is 0 Å². The van der Waals surface area contributed by atoms with Crippen molar-refractivity contribution in [1.82, 2.24) is 29.7 Å². The average Bonchev–Trinajstić information content (AvgIpc) is 3.40.